The van der Waals surface area contributed by atoms with Crippen LogP contribution in [0.25, 0.3) is 0 Å². The lowest BCUT2D eigenvalue weighted by molar-refractivity contribution is -0.122. The van der Waals surface area contributed by atoms with Gasteiger partial charge in [-0.1, -0.05) is 0 Å². The first-order valence-electron chi connectivity index (χ1n) is 6.54. The number of carbonyl (C=O) groups is 1. The van der Waals surface area contributed by atoms with Crippen molar-refractivity contribution in [1.82, 2.24) is 15.1 Å². The van der Waals surface area contributed by atoms with E-state index in [-0.39, 0.29) is 5.91 Å². The van der Waals surface area contributed by atoms with Crippen LogP contribution in [0.1, 0.15) is 13.8 Å². The average Bonchev–Trinajstić information content (AvgIpc) is 2.27. The third kappa shape index (κ3) is 6.30. The highest BCUT2D eigenvalue weighted by atomic mass is 16.3. The number of carbonyl (C=O) groups excluding carboxylic acids is 1. The van der Waals surface area contributed by atoms with Crippen molar-refractivity contribution in [1.29, 1.82) is 0 Å². The van der Waals surface area contributed by atoms with Gasteiger partial charge in [0, 0.05) is 45.8 Å². The molecule has 0 radical (unpaired) electrons. The monoisotopic (exact) mass is 258 g/mol. The van der Waals surface area contributed by atoms with E-state index in [0.29, 0.717) is 26.2 Å². The molecule has 6 nitrogen and oxygen atoms in total. The van der Waals surface area contributed by atoms with Gasteiger partial charge in [-0.25, -0.2) is 0 Å². The second-order valence-corrected chi connectivity index (χ2v) is 5.50. The molecule has 18 heavy (non-hydrogen) atoms. The molecule has 0 saturated carbocycles. The molecule has 4 N–H and O–H groups in total. The molecule has 1 heterocycles. The Balaban J connectivity index is 2.21. The van der Waals surface area contributed by atoms with Crippen LogP contribution in [0.2, 0.25) is 0 Å². The van der Waals surface area contributed by atoms with Crippen LogP contribution in [0.4, 0.5) is 0 Å². The number of hydrogen-bond donors (Lipinski definition) is 3. The molecule has 0 unspecified atom stereocenters. The van der Waals surface area contributed by atoms with E-state index in [1.165, 1.54) is 0 Å². The van der Waals surface area contributed by atoms with Crippen molar-refractivity contribution in [3.63, 3.8) is 0 Å². The zero-order chi connectivity index (χ0) is 13.6. The van der Waals surface area contributed by atoms with E-state index < -0.39 is 5.60 Å². The van der Waals surface area contributed by atoms with Crippen LogP contribution in [0.3, 0.4) is 0 Å². The van der Waals surface area contributed by atoms with Crippen molar-refractivity contribution in [3.8, 4) is 0 Å². The number of amides is 1. The predicted molar refractivity (Wildman–Crippen MR) is 71.2 cm³/mol. The minimum Gasteiger partial charge on any atom is -0.389 e. The predicted octanol–water partition coefficient (Wildman–Crippen LogP) is -1.55. The molecular formula is C12H26N4O2. The van der Waals surface area contributed by atoms with Crippen molar-refractivity contribution in [3.05, 3.63) is 0 Å². The molecule has 0 atom stereocenters. The maximum absolute atomic E-state index is 11.5. The Morgan fingerprint density at radius 1 is 1.28 bits per heavy atom. The Hall–Kier alpha value is -0.690. The van der Waals surface area contributed by atoms with Gasteiger partial charge in [0.15, 0.2) is 0 Å². The van der Waals surface area contributed by atoms with E-state index in [0.717, 1.165) is 26.2 Å². The number of aliphatic hydroxyl groups is 1. The highest BCUT2D eigenvalue weighted by Gasteiger charge is 2.23. The van der Waals surface area contributed by atoms with Gasteiger partial charge in [-0.15, -0.1) is 0 Å². The fourth-order valence-electron chi connectivity index (χ4n) is 2.12. The first-order chi connectivity index (χ1) is 8.40. The van der Waals surface area contributed by atoms with Gasteiger partial charge in [-0.05, 0) is 13.8 Å². The normalized spacial score (nSPS) is 18.9. The van der Waals surface area contributed by atoms with Gasteiger partial charge in [0.1, 0.15) is 0 Å². The minimum atomic E-state index is -0.652. The van der Waals surface area contributed by atoms with Crippen molar-refractivity contribution in [2.24, 2.45) is 5.73 Å². The molecule has 1 fully saturated rings. The highest BCUT2D eigenvalue weighted by Crippen LogP contribution is 2.08. The van der Waals surface area contributed by atoms with E-state index in [2.05, 4.69) is 15.1 Å². The van der Waals surface area contributed by atoms with Gasteiger partial charge < -0.3 is 16.2 Å². The molecule has 1 rings (SSSR count). The van der Waals surface area contributed by atoms with Gasteiger partial charge in [-0.3, -0.25) is 14.6 Å². The Morgan fingerprint density at radius 2 is 1.83 bits per heavy atom. The van der Waals surface area contributed by atoms with Crippen LogP contribution in [0.5, 0.6) is 0 Å². The van der Waals surface area contributed by atoms with Gasteiger partial charge in [-0.2, -0.15) is 0 Å². The standard InChI is InChI=1S/C12H26N4O2/c1-12(2,18)10-16-7-5-15(6-8-16)9-11(17)14-4-3-13/h18H,3-10,13H2,1-2H3,(H,14,17). The number of nitrogens with one attached hydrogen (secondary N) is 1. The second kappa shape index (κ2) is 7.04. The van der Waals surface area contributed by atoms with Gasteiger partial charge >= 0.3 is 0 Å². The lowest BCUT2D eigenvalue weighted by atomic mass is 10.1. The molecular weight excluding hydrogens is 232 g/mol. The van der Waals surface area contributed by atoms with Crippen LogP contribution >= 0.6 is 0 Å². The summed E-state index contributed by atoms with van der Waals surface area (Å²) in [6.07, 6.45) is 0. The largest absolute Gasteiger partial charge is 0.389 e. The van der Waals surface area contributed by atoms with Crippen molar-refractivity contribution in [2.45, 2.75) is 19.4 Å². The summed E-state index contributed by atoms with van der Waals surface area (Å²) >= 11 is 0. The zero-order valence-corrected chi connectivity index (χ0v) is 11.5. The molecule has 0 spiro atoms. The first-order valence-corrected chi connectivity index (χ1v) is 6.54. The number of hydrogen-bond acceptors (Lipinski definition) is 5. The third-order valence-electron chi connectivity index (χ3n) is 2.91. The summed E-state index contributed by atoms with van der Waals surface area (Å²) in [6.45, 7) is 9.30. The fraction of sp³-hybridized carbons (Fsp3) is 0.917. The molecule has 1 aliphatic rings. The molecule has 0 bridgehead atoms. The number of nitrogens with zero attached hydrogens (tertiary/aromatic N) is 2. The van der Waals surface area contributed by atoms with Crippen LogP contribution in [-0.2, 0) is 4.79 Å². The molecule has 6 heteroatoms. The fourth-order valence-corrected chi connectivity index (χ4v) is 2.12. The summed E-state index contributed by atoms with van der Waals surface area (Å²) in [5.74, 6) is 0.0383. The first kappa shape index (κ1) is 15.4. The topological polar surface area (TPSA) is 81.8 Å². The maximum atomic E-state index is 11.5. The van der Waals surface area contributed by atoms with E-state index in [1.807, 2.05) is 13.8 Å². The van der Waals surface area contributed by atoms with Crippen LogP contribution in [0.15, 0.2) is 0 Å². The van der Waals surface area contributed by atoms with E-state index in [9.17, 15) is 9.90 Å². The molecule has 0 aromatic carbocycles. The zero-order valence-electron chi connectivity index (χ0n) is 11.5. The van der Waals surface area contributed by atoms with Crippen molar-refractivity contribution >= 4 is 5.91 Å². The summed E-state index contributed by atoms with van der Waals surface area (Å²) in [5.41, 5.74) is 4.68. The van der Waals surface area contributed by atoms with Gasteiger partial charge in [0.25, 0.3) is 0 Å². The average molecular weight is 258 g/mol. The second-order valence-electron chi connectivity index (χ2n) is 5.50. The Morgan fingerprint density at radius 3 is 2.33 bits per heavy atom. The Labute approximate surface area is 109 Å². The van der Waals surface area contributed by atoms with E-state index >= 15 is 0 Å². The molecule has 106 valence electrons. The molecule has 0 aliphatic carbocycles. The van der Waals surface area contributed by atoms with Crippen LogP contribution in [0, 0.1) is 0 Å². The third-order valence-corrected chi connectivity index (χ3v) is 2.91. The summed E-state index contributed by atoms with van der Waals surface area (Å²) in [7, 11) is 0. The number of β-amino-alcohol motifs (C(OH)–C–C–N with tert-alkyl or cyclic N) is 1. The van der Waals surface area contributed by atoms with Gasteiger partial charge in [0.05, 0.1) is 12.1 Å². The number of piperazine rings is 1. The summed E-state index contributed by atoms with van der Waals surface area (Å²) in [5, 5.41) is 12.5. The molecule has 1 aliphatic heterocycles. The smallest absolute Gasteiger partial charge is 0.234 e. The lowest BCUT2D eigenvalue weighted by Gasteiger charge is -2.36. The Kier molecular flexibility index (Phi) is 6.01. The van der Waals surface area contributed by atoms with E-state index in [1.54, 1.807) is 0 Å². The van der Waals surface area contributed by atoms with E-state index in [4.69, 9.17) is 5.73 Å². The summed E-state index contributed by atoms with van der Waals surface area (Å²) in [4.78, 5) is 15.9. The Bertz CT molecular complexity index is 257. The van der Waals surface area contributed by atoms with Crippen molar-refractivity contribution < 1.29 is 9.90 Å². The minimum absolute atomic E-state index is 0.0383. The SMILES string of the molecule is CC(C)(O)CN1CCN(CC(=O)NCCN)CC1. The molecule has 0 aromatic rings. The lowest BCUT2D eigenvalue weighted by Crippen LogP contribution is -2.52. The summed E-state index contributed by atoms with van der Waals surface area (Å²) in [6, 6.07) is 0. The summed E-state index contributed by atoms with van der Waals surface area (Å²) < 4.78 is 0. The number of nitrogens with two attached hydrogens (primary N) is 1. The van der Waals surface area contributed by atoms with Crippen LogP contribution in [-0.4, -0.2) is 78.8 Å². The molecule has 0 aromatic heterocycles. The van der Waals surface area contributed by atoms with Gasteiger partial charge in [0.2, 0.25) is 5.91 Å². The van der Waals surface area contributed by atoms with Crippen LogP contribution < -0.4 is 11.1 Å². The number of rotatable bonds is 6. The quantitative estimate of drug-likeness (QED) is 0.537. The highest BCUT2D eigenvalue weighted by molar-refractivity contribution is 5.78. The molecule has 1 saturated heterocycles. The molecule has 1 amide bonds. The van der Waals surface area contributed by atoms with Crippen molar-refractivity contribution in [2.75, 3.05) is 52.4 Å². The maximum Gasteiger partial charge on any atom is 0.234 e.